The van der Waals surface area contributed by atoms with E-state index in [0.29, 0.717) is 28.7 Å². The van der Waals surface area contributed by atoms with E-state index in [1.807, 2.05) is 6.26 Å². The van der Waals surface area contributed by atoms with E-state index in [1.165, 1.54) is 40.9 Å². The number of aromatic nitrogens is 1. The summed E-state index contributed by atoms with van der Waals surface area (Å²) in [6.45, 7) is 5.38. The lowest BCUT2D eigenvalue weighted by Gasteiger charge is -2.34. The van der Waals surface area contributed by atoms with Crippen molar-refractivity contribution in [2.45, 2.75) is 38.8 Å². The minimum absolute atomic E-state index is 0.237. The Morgan fingerprint density at radius 1 is 1.03 bits per heavy atom. The largest absolute Gasteiger partial charge is 0.443 e. The molecule has 0 bridgehead atoms. The Morgan fingerprint density at radius 3 is 2.32 bits per heavy atom. The van der Waals surface area contributed by atoms with Gasteiger partial charge in [0, 0.05) is 6.07 Å². The monoisotopic (exact) mass is 538 g/mol. The molecule has 0 fully saturated rings. The van der Waals surface area contributed by atoms with Gasteiger partial charge in [0.1, 0.15) is 23.0 Å². The normalized spacial score (nSPS) is 15.2. The second-order valence-corrected chi connectivity index (χ2v) is 10.2. The number of carbonyl (C=O) groups excluding carboxylic acids is 1. The lowest BCUT2D eigenvalue weighted by Crippen LogP contribution is -2.47. The number of ether oxygens (including phenoxy) is 2. The number of nitrogens with zero attached hydrogens (tertiary/aromatic N) is 3. The minimum Gasteiger partial charge on any atom is -0.443 e. The van der Waals surface area contributed by atoms with Crippen LogP contribution in [0.1, 0.15) is 26.3 Å². The fraction of sp³-hybridized carbons (Fsp3) is 0.250. The quantitative estimate of drug-likeness (QED) is 0.378. The van der Waals surface area contributed by atoms with Crippen LogP contribution in [0.3, 0.4) is 0 Å². The fourth-order valence-electron chi connectivity index (χ4n) is 3.69. The summed E-state index contributed by atoms with van der Waals surface area (Å²) in [5.41, 5.74) is 1.24. The third-order valence-corrected chi connectivity index (χ3v) is 5.98. The van der Waals surface area contributed by atoms with Crippen molar-refractivity contribution in [1.82, 2.24) is 10.3 Å². The van der Waals surface area contributed by atoms with Crippen molar-refractivity contribution in [2.75, 3.05) is 11.2 Å². The van der Waals surface area contributed by atoms with Crippen LogP contribution in [0.5, 0.6) is 11.6 Å². The maximum atomic E-state index is 13.5. The molecule has 1 amide bonds. The summed E-state index contributed by atoms with van der Waals surface area (Å²) in [5.74, 6) is -0.0857. The molecule has 1 aliphatic rings. The predicted octanol–water partition coefficient (Wildman–Crippen LogP) is 6.67. The molecule has 1 N–H and O–H groups in total. The van der Waals surface area contributed by atoms with Crippen LogP contribution < -0.4 is 15.0 Å². The number of amides is 1. The Kier molecular flexibility index (Phi) is 8.31. The van der Waals surface area contributed by atoms with Gasteiger partial charge in [-0.2, -0.15) is 0 Å². The molecular formula is C28H28F2N4O3S. The lowest BCUT2D eigenvalue weighted by atomic mass is 10.0. The minimum atomic E-state index is -0.741. The first-order chi connectivity index (χ1) is 18.1. The molecule has 1 unspecified atom stereocenters. The number of rotatable bonds is 6. The number of halogens is 2. The van der Waals surface area contributed by atoms with Crippen molar-refractivity contribution in [3.8, 4) is 11.6 Å². The molecule has 38 heavy (non-hydrogen) atoms. The Balaban J connectivity index is 1.67. The zero-order valence-corrected chi connectivity index (χ0v) is 22.3. The van der Waals surface area contributed by atoms with E-state index in [1.54, 1.807) is 63.4 Å². The second-order valence-electron chi connectivity index (χ2n) is 9.45. The van der Waals surface area contributed by atoms with Gasteiger partial charge in [-0.25, -0.2) is 28.5 Å². The Labute approximate surface area is 224 Å². The highest BCUT2D eigenvalue weighted by atomic mass is 32.2. The Hall–Kier alpha value is -3.92. The molecule has 7 nitrogen and oxygen atoms in total. The number of hydrogen-bond donors (Lipinski definition) is 1. The van der Waals surface area contributed by atoms with Gasteiger partial charge < -0.3 is 14.8 Å². The molecule has 0 aliphatic carbocycles. The number of hydrogen-bond acceptors (Lipinski definition) is 7. The van der Waals surface area contributed by atoms with Crippen LogP contribution in [0.4, 0.5) is 19.3 Å². The van der Waals surface area contributed by atoms with Crippen molar-refractivity contribution in [2.24, 2.45) is 4.99 Å². The van der Waals surface area contributed by atoms with E-state index in [4.69, 9.17) is 9.47 Å². The molecule has 0 saturated heterocycles. The number of carbonyl (C=O) groups is 1. The Morgan fingerprint density at radius 2 is 1.71 bits per heavy atom. The van der Waals surface area contributed by atoms with Crippen LogP contribution in [-0.2, 0) is 11.2 Å². The number of benzene rings is 2. The molecule has 0 radical (unpaired) electrons. The summed E-state index contributed by atoms with van der Waals surface area (Å²) < 4.78 is 38.1. The number of anilines is 1. The first-order valence-electron chi connectivity index (χ1n) is 11.9. The molecule has 198 valence electrons. The van der Waals surface area contributed by atoms with Gasteiger partial charge in [-0.1, -0.05) is 23.9 Å². The average molecular weight is 539 g/mol. The van der Waals surface area contributed by atoms with E-state index in [9.17, 15) is 13.6 Å². The predicted molar refractivity (Wildman–Crippen MR) is 145 cm³/mol. The van der Waals surface area contributed by atoms with Crippen molar-refractivity contribution in [1.29, 1.82) is 0 Å². The molecule has 3 aromatic rings. The molecule has 1 aliphatic heterocycles. The van der Waals surface area contributed by atoms with Gasteiger partial charge in [0.05, 0.1) is 29.8 Å². The number of amidine groups is 1. The highest BCUT2D eigenvalue weighted by molar-refractivity contribution is 8.13. The van der Waals surface area contributed by atoms with Crippen molar-refractivity contribution < 1.29 is 23.0 Å². The summed E-state index contributed by atoms with van der Waals surface area (Å²) in [4.78, 5) is 23.4. The van der Waals surface area contributed by atoms with Gasteiger partial charge in [0.2, 0.25) is 5.88 Å². The van der Waals surface area contributed by atoms with E-state index >= 15 is 0 Å². The van der Waals surface area contributed by atoms with Gasteiger partial charge >= 0.3 is 6.09 Å². The van der Waals surface area contributed by atoms with Gasteiger partial charge in [-0.15, -0.1) is 0 Å². The van der Waals surface area contributed by atoms with Crippen LogP contribution in [0.25, 0.3) is 0 Å². The molecule has 4 rings (SSSR count). The first kappa shape index (κ1) is 27.1. The van der Waals surface area contributed by atoms with Crippen LogP contribution >= 0.6 is 11.8 Å². The van der Waals surface area contributed by atoms with Gasteiger partial charge in [-0.3, -0.25) is 0 Å². The zero-order chi connectivity index (χ0) is 27.3. The maximum Gasteiger partial charge on any atom is 0.419 e. The second kappa shape index (κ2) is 11.6. The highest BCUT2D eigenvalue weighted by Gasteiger charge is 2.32. The van der Waals surface area contributed by atoms with E-state index in [0.717, 1.165) is 11.8 Å². The number of aliphatic imine (C=N–C) groups is 1. The van der Waals surface area contributed by atoms with Crippen LogP contribution in [-0.4, -0.2) is 34.1 Å². The zero-order valence-electron chi connectivity index (χ0n) is 21.4. The topological polar surface area (TPSA) is 76.1 Å². The molecular weight excluding hydrogens is 510 g/mol. The number of nitrogens with one attached hydrogen (secondary N) is 1. The van der Waals surface area contributed by atoms with Crippen molar-refractivity contribution >= 4 is 28.7 Å². The standard InChI is InChI=1S/C28H28F2N4O3S/c1-28(2,3)37-27(35)34(21-10-12-22(13-11-21)36-25-14-9-20(30)16-31-25)24-17-32-26(38-4)33-23(24)15-18-5-7-19(29)8-6-18/h5-14,16-17,23H,15H2,1-4H3,(H,32,33). The fourth-order valence-corrected chi connectivity index (χ4v) is 4.10. The molecule has 0 saturated carbocycles. The van der Waals surface area contributed by atoms with Crippen LogP contribution in [0, 0.1) is 11.6 Å². The smallest absolute Gasteiger partial charge is 0.419 e. The van der Waals surface area contributed by atoms with Gasteiger partial charge in [-0.05, 0) is 81.5 Å². The molecule has 0 spiro atoms. The van der Waals surface area contributed by atoms with Crippen molar-refractivity contribution in [3.05, 3.63) is 96.0 Å². The summed E-state index contributed by atoms with van der Waals surface area (Å²) in [7, 11) is 0. The molecule has 1 aromatic heterocycles. The molecule has 2 aromatic carbocycles. The molecule has 10 heteroatoms. The van der Waals surface area contributed by atoms with Gasteiger partial charge in [0.25, 0.3) is 0 Å². The molecule has 1 atom stereocenters. The van der Waals surface area contributed by atoms with Crippen LogP contribution in [0.2, 0.25) is 0 Å². The summed E-state index contributed by atoms with van der Waals surface area (Å²) in [5, 5.41) is 4.07. The maximum absolute atomic E-state index is 13.5. The van der Waals surface area contributed by atoms with Gasteiger partial charge in [0.15, 0.2) is 5.17 Å². The lowest BCUT2D eigenvalue weighted by molar-refractivity contribution is 0.0589. The number of pyridine rings is 1. The number of thioether (sulfide) groups is 1. The Bertz CT molecular complexity index is 1320. The summed E-state index contributed by atoms with van der Waals surface area (Å²) in [6, 6.07) is 15.4. The molecule has 2 heterocycles. The van der Waals surface area contributed by atoms with E-state index in [-0.39, 0.29) is 17.7 Å². The third kappa shape index (κ3) is 7.10. The van der Waals surface area contributed by atoms with Crippen LogP contribution in [0.15, 0.2) is 83.7 Å². The first-order valence-corrected chi connectivity index (χ1v) is 13.1. The summed E-state index contributed by atoms with van der Waals surface area (Å²) in [6.07, 6.45) is 4.52. The van der Waals surface area contributed by atoms with E-state index < -0.39 is 17.5 Å². The highest BCUT2D eigenvalue weighted by Crippen LogP contribution is 2.30. The van der Waals surface area contributed by atoms with Crippen molar-refractivity contribution in [3.63, 3.8) is 0 Å². The summed E-state index contributed by atoms with van der Waals surface area (Å²) >= 11 is 1.45. The average Bonchev–Trinajstić information content (AvgIpc) is 2.87. The third-order valence-electron chi connectivity index (χ3n) is 5.37. The SMILES string of the molecule is CSC1=NC=C(N(C(=O)OC(C)(C)C)c2ccc(Oc3ccc(F)cn3)cc2)C(Cc2ccc(F)cc2)N1. The van der Waals surface area contributed by atoms with E-state index in [2.05, 4.69) is 15.3 Å².